The highest BCUT2D eigenvalue weighted by Crippen LogP contribution is 2.31. The number of imide groups is 1. The van der Waals surface area contributed by atoms with Crippen molar-refractivity contribution in [3.63, 3.8) is 0 Å². The number of carbonyl (C=O) groups is 3. The Hall–Kier alpha value is -1.92. The molecule has 31 heavy (non-hydrogen) atoms. The van der Waals surface area contributed by atoms with Gasteiger partial charge in [0.25, 0.3) is 5.91 Å². The van der Waals surface area contributed by atoms with Gasteiger partial charge in [-0.25, -0.2) is 18.0 Å². The minimum Gasteiger partial charge on any atom is -0.452 e. The van der Waals surface area contributed by atoms with Gasteiger partial charge >= 0.3 is 12.0 Å². The van der Waals surface area contributed by atoms with Crippen molar-refractivity contribution in [2.24, 2.45) is 0 Å². The molecule has 10 nitrogen and oxygen atoms in total. The smallest absolute Gasteiger partial charge is 0.340 e. The van der Waals surface area contributed by atoms with Gasteiger partial charge in [-0.05, 0) is 32.9 Å². The minimum atomic E-state index is -4.01. The molecule has 1 aromatic carbocycles. The van der Waals surface area contributed by atoms with E-state index in [1.54, 1.807) is 20.8 Å². The van der Waals surface area contributed by atoms with Crippen LogP contribution in [0.5, 0.6) is 0 Å². The molecule has 0 aromatic heterocycles. The van der Waals surface area contributed by atoms with Crippen LogP contribution >= 0.6 is 23.2 Å². The van der Waals surface area contributed by atoms with E-state index >= 15 is 0 Å². The van der Waals surface area contributed by atoms with Gasteiger partial charge in [-0.2, -0.15) is 4.31 Å². The first kappa shape index (κ1) is 25.3. The molecule has 2 rings (SSSR count). The number of amides is 3. The summed E-state index contributed by atoms with van der Waals surface area (Å²) in [5.74, 6) is -1.92. The average Bonchev–Trinajstić information content (AvgIpc) is 2.65. The number of rotatable bonds is 5. The number of benzene rings is 1. The van der Waals surface area contributed by atoms with Crippen LogP contribution in [0.4, 0.5) is 4.79 Å². The Bertz CT molecular complexity index is 971. The average molecular weight is 496 g/mol. The molecule has 1 heterocycles. The molecule has 1 aromatic rings. The number of ether oxygens (including phenoxy) is 2. The molecule has 0 spiro atoms. The summed E-state index contributed by atoms with van der Waals surface area (Å²) in [6.07, 6.45) is 0. The number of hydrogen-bond donors (Lipinski definition) is 2. The maximum Gasteiger partial charge on any atom is 0.340 e. The van der Waals surface area contributed by atoms with E-state index in [0.717, 1.165) is 12.1 Å². The number of morpholine rings is 1. The molecule has 0 unspecified atom stereocenters. The minimum absolute atomic E-state index is 0.137. The third-order valence-corrected chi connectivity index (χ3v) is 6.58. The van der Waals surface area contributed by atoms with Crippen LogP contribution in [0.3, 0.4) is 0 Å². The van der Waals surface area contributed by atoms with Crippen LogP contribution < -0.4 is 10.6 Å². The lowest BCUT2D eigenvalue weighted by Gasteiger charge is -2.26. The first-order valence-corrected chi connectivity index (χ1v) is 11.4. The van der Waals surface area contributed by atoms with Gasteiger partial charge in [-0.3, -0.25) is 10.1 Å². The molecule has 0 saturated carbocycles. The van der Waals surface area contributed by atoms with Gasteiger partial charge in [0, 0.05) is 18.6 Å². The van der Waals surface area contributed by atoms with Crippen LogP contribution in [-0.2, 0) is 24.3 Å². The number of nitrogens with zero attached hydrogens (tertiary/aromatic N) is 1. The highest BCUT2D eigenvalue weighted by molar-refractivity contribution is 7.89. The van der Waals surface area contributed by atoms with E-state index in [9.17, 15) is 22.8 Å². The fraction of sp³-hybridized carbons (Fsp3) is 0.500. The zero-order chi connectivity index (χ0) is 23.4. The van der Waals surface area contributed by atoms with E-state index in [4.69, 9.17) is 32.7 Å². The van der Waals surface area contributed by atoms with Gasteiger partial charge in [-0.15, -0.1) is 0 Å². The number of esters is 1. The SMILES string of the molecule is CC(C)(C)NC(=O)NC(=O)COC(=O)c1cc(S(=O)(=O)N2CCOCC2)c(Cl)cc1Cl. The Balaban J connectivity index is 2.12. The molecule has 13 heteroatoms. The molecule has 0 aliphatic carbocycles. The highest BCUT2D eigenvalue weighted by atomic mass is 35.5. The topological polar surface area (TPSA) is 131 Å². The van der Waals surface area contributed by atoms with Crippen molar-refractivity contribution in [2.45, 2.75) is 31.2 Å². The maximum absolute atomic E-state index is 12.9. The number of nitrogens with one attached hydrogen (secondary N) is 2. The van der Waals surface area contributed by atoms with E-state index in [0.29, 0.717) is 0 Å². The molecule has 2 N–H and O–H groups in total. The summed E-state index contributed by atoms with van der Waals surface area (Å²) >= 11 is 12.1. The number of urea groups is 1. The summed E-state index contributed by atoms with van der Waals surface area (Å²) in [5, 5.41) is 4.21. The monoisotopic (exact) mass is 495 g/mol. The van der Waals surface area contributed by atoms with Crippen LogP contribution in [0, 0.1) is 0 Å². The van der Waals surface area contributed by atoms with Gasteiger partial charge in [0.05, 0.1) is 28.8 Å². The standard InChI is InChI=1S/C18H23Cl2N3O7S/c1-18(2,3)22-17(26)21-15(24)10-30-16(25)11-8-14(13(20)9-12(11)19)31(27,28)23-4-6-29-7-5-23/h8-9H,4-7,10H2,1-3H3,(H2,21,22,24,26). The molecule has 172 valence electrons. The number of carbonyl (C=O) groups excluding carboxylic acids is 3. The summed E-state index contributed by atoms with van der Waals surface area (Å²) in [7, 11) is -4.01. The van der Waals surface area contributed by atoms with Crippen molar-refractivity contribution in [1.82, 2.24) is 14.9 Å². The van der Waals surface area contributed by atoms with E-state index in [-0.39, 0.29) is 46.8 Å². The number of hydrogen-bond acceptors (Lipinski definition) is 7. The number of sulfonamides is 1. The fourth-order valence-electron chi connectivity index (χ4n) is 2.55. The van der Waals surface area contributed by atoms with E-state index in [1.807, 2.05) is 5.32 Å². The number of halogens is 2. The summed E-state index contributed by atoms with van der Waals surface area (Å²) in [5.41, 5.74) is -0.856. The van der Waals surface area contributed by atoms with Gasteiger partial charge in [0.15, 0.2) is 6.61 Å². The third kappa shape index (κ3) is 7.04. The lowest BCUT2D eigenvalue weighted by Crippen LogP contribution is -2.49. The summed E-state index contributed by atoms with van der Waals surface area (Å²) in [6, 6.07) is 1.36. The normalized spacial score (nSPS) is 15.3. The molecule has 0 radical (unpaired) electrons. The van der Waals surface area contributed by atoms with Crippen molar-refractivity contribution >= 4 is 51.1 Å². The van der Waals surface area contributed by atoms with Crippen molar-refractivity contribution in [2.75, 3.05) is 32.9 Å². The second-order valence-electron chi connectivity index (χ2n) is 7.61. The predicted octanol–water partition coefficient (Wildman–Crippen LogP) is 1.80. The Morgan fingerprint density at radius 1 is 1.13 bits per heavy atom. The van der Waals surface area contributed by atoms with Gasteiger partial charge in [0.1, 0.15) is 4.90 Å². The Morgan fingerprint density at radius 2 is 1.74 bits per heavy atom. The van der Waals surface area contributed by atoms with E-state index in [1.165, 1.54) is 4.31 Å². The first-order chi connectivity index (χ1) is 14.3. The summed E-state index contributed by atoms with van der Waals surface area (Å²) in [4.78, 5) is 35.6. The van der Waals surface area contributed by atoms with Crippen LogP contribution in [0.2, 0.25) is 10.0 Å². The van der Waals surface area contributed by atoms with Crippen molar-refractivity contribution in [1.29, 1.82) is 0 Å². The molecule has 1 aliphatic rings. The molecule has 1 aliphatic heterocycles. The Kier molecular flexibility index (Phi) is 8.28. The quantitative estimate of drug-likeness (QED) is 0.595. The predicted molar refractivity (Wildman–Crippen MR) is 113 cm³/mol. The zero-order valence-electron chi connectivity index (χ0n) is 17.2. The van der Waals surface area contributed by atoms with Gasteiger partial charge < -0.3 is 14.8 Å². The van der Waals surface area contributed by atoms with Crippen LogP contribution in [-0.4, -0.2) is 69.1 Å². The largest absolute Gasteiger partial charge is 0.452 e. The van der Waals surface area contributed by atoms with Gasteiger partial charge in [0.2, 0.25) is 10.0 Å². The van der Waals surface area contributed by atoms with Crippen LogP contribution in [0.1, 0.15) is 31.1 Å². The lowest BCUT2D eigenvalue weighted by molar-refractivity contribution is -0.123. The van der Waals surface area contributed by atoms with Crippen LogP contribution in [0.25, 0.3) is 0 Å². The lowest BCUT2D eigenvalue weighted by atomic mass is 10.1. The second-order valence-corrected chi connectivity index (χ2v) is 10.3. The first-order valence-electron chi connectivity index (χ1n) is 9.17. The molecule has 1 fully saturated rings. The zero-order valence-corrected chi connectivity index (χ0v) is 19.5. The molecular weight excluding hydrogens is 473 g/mol. The van der Waals surface area contributed by atoms with Crippen LogP contribution in [0.15, 0.2) is 17.0 Å². The van der Waals surface area contributed by atoms with Crippen molar-refractivity contribution in [3.8, 4) is 0 Å². The molecular formula is C18H23Cl2N3O7S. The van der Waals surface area contributed by atoms with Gasteiger partial charge in [-0.1, -0.05) is 23.2 Å². The second kappa shape index (κ2) is 10.1. The molecule has 1 saturated heterocycles. The summed E-state index contributed by atoms with van der Waals surface area (Å²) < 4.78 is 37.0. The summed E-state index contributed by atoms with van der Waals surface area (Å²) in [6.45, 7) is 5.14. The van der Waals surface area contributed by atoms with Crippen molar-refractivity contribution in [3.05, 3.63) is 27.7 Å². The van der Waals surface area contributed by atoms with Crippen molar-refractivity contribution < 1.29 is 32.3 Å². The van der Waals surface area contributed by atoms with E-state index in [2.05, 4.69) is 5.32 Å². The highest BCUT2D eigenvalue weighted by Gasteiger charge is 2.30. The molecule has 3 amide bonds. The maximum atomic E-state index is 12.9. The van der Waals surface area contributed by atoms with E-state index < -0.39 is 40.1 Å². The molecule has 0 atom stereocenters. The third-order valence-electron chi connectivity index (χ3n) is 3.91. The Morgan fingerprint density at radius 3 is 2.32 bits per heavy atom. The Labute approximate surface area is 190 Å². The molecule has 0 bridgehead atoms. The fourth-order valence-corrected chi connectivity index (χ4v) is 4.79.